The van der Waals surface area contributed by atoms with E-state index in [9.17, 15) is 4.79 Å². The lowest BCUT2D eigenvalue weighted by Crippen LogP contribution is -2.46. The molecule has 0 amide bonds. The summed E-state index contributed by atoms with van der Waals surface area (Å²) in [6, 6.07) is 9.49. The highest BCUT2D eigenvalue weighted by molar-refractivity contribution is 5.82. The predicted molar refractivity (Wildman–Crippen MR) is 78.4 cm³/mol. The first-order chi connectivity index (χ1) is 10.3. The van der Waals surface area contributed by atoms with Gasteiger partial charge < -0.3 is 14.2 Å². The lowest BCUT2D eigenvalue weighted by molar-refractivity contribution is -0.157. The Kier molecular flexibility index (Phi) is 4.56. The number of Topliss-reactive ketones (excluding diaryl/α,β-unsaturated/α-hetero) is 1. The minimum absolute atomic E-state index is 0.0561. The van der Waals surface area contributed by atoms with Crippen LogP contribution in [0.4, 0.5) is 0 Å². The Bertz CT molecular complexity index is 459. The van der Waals surface area contributed by atoms with Crippen LogP contribution in [0.1, 0.15) is 25.7 Å². The number of ketones is 1. The highest BCUT2D eigenvalue weighted by atomic mass is 16.5. The minimum Gasteiger partial charge on any atom is -0.486 e. The molecule has 2 fully saturated rings. The van der Waals surface area contributed by atoms with Crippen molar-refractivity contribution in [3.8, 4) is 5.75 Å². The Balaban J connectivity index is 1.54. The van der Waals surface area contributed by atoms with Crippen LogP contribution in [0.5, 0.6) is 5.75 Å². The molecule has 1 atom stereocenters. The van der Waals surface area contributed by atoms with Gasteiger partial charge in [0, 0.05) is 25.7 Å². The fourth-order valence-electron chi connectivity index (χ4n) is 3.18. The lowest BCUT2D eigenvalue weighted by Gasteiger charge is -2.42. The molecule has 0 radical (unpaired) electrons. The van der Waals surface area contributed by atoms with Crippen LogP contribution in [0.15, 0.2) is 30.3 Å². The maximum atomic E-state index is 12.4. The van der Waals surface area contributed by atoms with Crippen LogP contribution in [-0.2, 0) is 14.3 Å². The number of hydrogen-bond acceptors (Lipinski definition) is 4. The Labute approximate surface area is 125 Å². The first-order valence-corrected chi connectivity index (χ1v) is 7.70. The zero-order valence-corrected chi connectivity index (χ0v) is 12.3. The third-order valence-electron chi connectivity index (χ3n) is 4.48. The fraction of sp³-hybridized carbons (Fsp3) is 0.588. The molecule has 1 aromatic carbocycles. The molecular weight excluding hydrogens is 268 g/mol. The van der Waals surface area contributed by atoms with Crippen molar-refractivity contribution in [3.63, 3.8) is 0 Å². The van der Waals surface area contributed by atoms with Crippen molar-refractivity contribution < 1.29 is 19.0 Å². The van der Waals surface area contributed by atoms with Gasteiger partial charge in [0.15, 0.2) is 5.78 Å². The molecule has 4 nitrogen and oxygen atoms in total. The molecule has 2 saturated heterocycles. The van der Waals surface area contributed by atoms with Crippen molar-refractivity contribution in [2.45, 2.75) is 31.3 Å². The number of carbonyl (C=O) groups excluding carboxylic acids is 1. The van der Waals surface area contributed by atoms with Crippen LogP contribution in [-0.4, -0.2) is 37.8 Å². The molecule has 0 aromatic heterocycles. The molecular formula is C17H22O4. The summed E-state index contributed by atoms with van der Waals surface area (Å²) < 4.78 is 17.0. The van der Waals surface area contributed by atoms with Crippen LogP contribution in [0.2, 0.25) is 0 Å². The second kappa shape index (κ2) is 6.58. The molecule has 114 valence electrons. The second-order valence-corrected chi connectivity index (χ2v) is 5.90. The molecule has 2 aliphatic rings. The number of rotatable bonds is 4. The summed E-state index contributed by atoms with van der Waals surface area (Å²) in [6.07, 6.45) is 3.42. The van der Waals surface area contributed by atoms with E-state index >= 15 is 0 Å². The van der Waals surface area contributed by atoms with E-state index in [1.54, 1.807) is 0 Å². The van der Waals surface area contributed by atoms with Gasteiger partial charge in [-0.3, -0.25) is 4.79 Å². The Hall–Kier alpha value is -1.39. The molecule has 0 bridgehead atoms. The van der Waals surface area contributed by atoms with E-state index in [1.807, 2.05) is 30.3 Å². The van der Waals surface area contributed by atoms with Crippen molar-refractivity contribution >= 4 is 5.78 Å². The zero-order chi connectivity index (χ0) is 14.5. The van der Waals surface area contributed by atoms with Gasteiger partial charge >= 0.3 is 0 Å². The molecule has 3 rings (SSSR count). The first kappa shape index (κ1) is 14.5. The fourth-order valence-corrected chi connectivity index (χ4v) is 3.18. The number of para-hydroxylation sites is 1. The van der Waals surface area contributed by atoms with Gasteiger partial charge in [0.1, 0.15) is 12.4 Å². The molecule has 0 saturated carbocycles. The molecule has 2 aliphatic heterocycles. The number of ether oxygens (including phenoxy) is 3. The Morgan fingerprint density at radius 2 is 1.95 bits per heavy atom. The first-order valence-electron chi connectivity index (χ1n) is 7.70. The quantitative estimate of drug-likeness (QED) is 0.855. The molecule has 1 spiro atoms. The predicted octanol–water partition coefficient (Wildman–Crippen LogP) is 2.61. The normalized spacial score (nSPS) is 24.7. The molecule has 2 heterocycles. The van der Waals surface area contributed by atoms with Crippen molar-refractivity contribution in [1.82, 2.24) is 0 Å². The average Bonchev–Trinajstić information content (AvgIpc) is 2.54. The summed E-state index contributed by atoms with van der Waals surface area (Å²) in [5.74, 6) is 0.993. The molecule has 1 unspecified atom stereocenters. The number of carbonyl (C=O) groups is 1. The second-order valence-electron chi connectivity index (χ2n) is 5.90. The van der Waals surface area contributed by atoms with E-state index in [2.05, 4.69) is 0 Å². The maximum Gasteiger partial charge on any atom is 0.173 e. The van der Waals surface area contributed by atoms with Crippen LogP contribution in [0.3, 0.4) is 0 Å². The van der Waals surface area contributed by atoms with Crippen molar-refractivity contribution in [2.24, 2.45) is 5.92 Å². The van der Waals surface area contributed by atoms with E-state index in [-0.39, 0.29) is 23.9 Å². The summed E-state index contributed by atoms with van der Waals surface area (Å²) in [5, 5.41) is 0. The minimum atomic E-state index is -0.135. The third kappa shape index (κ3) is 3.63. The van der Waals surface area contributed by atoms with Gasteiger partial charge in [-0.25, -0.2) is 0 Å². The highest BCUT2D eigenvalue weighted by Crippen LogP contribution is 2.37. The monoisotopic (exact) mass is 290 g/mol. The van der Waals surface area contributed by atoms with Crippen molar-refractivity contribution in [2.75, 3.05) is 26.4 Å². The smallest absolute Gasteiger partial charge is 0.173 e. The Morgan fingerprint density at radius 1 is 1.19 bits per heavy atom. The summed E-state index contributed by atoms with van der Waals surface area (Å²) in [4.78, 5) is 12.4. The summed E-state index contributed by atoms with van der Waals surface area (Å²) >= 11 is 0. The zero-order valence-electron chi connectivity index (χ0n) is 12.3. The Morgan fingerprint density at radius 3 is 2.71 bits per heavy atom. The van der Waals surface area contributed by atoms with Gasteiger partial charge in [0.25, 0.3) is 0 Å². The van der Waals surface area contributed by atoms with E-state index in [1.165, 1.54) is 0 Å². The van der Waals surface area contributed by atoms with Gasteiger partial charge in [0.2, 0.25) is 0 Å². The average molecular weight is 290 g/mol. The van der Waals surface area contributed by atoms with Crippen LogP contribution in [0, 0.1) is 5.92 Å². The molecule has 4 heteroatoms. The summed E-state index contributed by atoms with van der Waals surface area (Å²) in [6.45, 7) is 2.30. The van der Waals surface area contributed by atoms with Gasteiger partial charge in [-0.1, -0.05) is 18.2 Å². The van der Waals surface area contributed by atoms with Gasteiger partial charge in [-0.2, -0.15) is 0 Å². The van der Waals surface area contributed by atoms with Crippen molar-refractivity contribution in [1.29, 1.82) is 0 Å². The lowest BCUT2D eigenvalue weighted by atomic mass is 9.79. The molecule has 1 aromatic rings. The van der Waals surface area contributed by atoms with Gasteiger partial charge in [-0.15, -0.1) is 0 Å². The van der Waals surface area contributed by atoms with Crippen LogP contribution >= 0.6 is 0 Å². The van der Waals surface area contributed by atoms with Crippen LogP contribution < -0.4 is 4.74 Å². The van der Waals surface area contributed by atoms with Gasteiger partial charge in [-0.05, 0) is 37.8 Å². The number of hydrogen-bond donors (Lipinski definition) is 0. The van der Waals surface area contributed by atoms with Crippen LogP contribution in [0.25, 0.3) is 0 Å². The molecule has 21 heavy (non-hydrogen) atoms. The highest BCUT2D eigenvalue weighted by Gasteiger charge is 2.41. The van der Waals surface area contributed by atoms with Gasteiger partial charge in [0.05, 0.1) is 5.60 Å². The maximum absolute atomic E-state index is 12.4. The molecule has 0 N–H and O–H groups in total. The van der Waals surface area contributed by atoms with E-state index in [4.69, 9.17) is 14.2 Å². The third-order valence-corrected chi connectivity index (χ3v) is 4.48. The summed E-state index contributed by atoms with van der Waals surface area (Å²) in [7, 11) is 0. The topological polar surface area (TPSA) is 44.8 Å². The molecule has 0 aliphatic carbocycles. The van der Waals surface area contributed by atoms with E-state index < -0.39 is 0 Å². The van der Waals surface area contributed by atoms with E-state index in [0.29, 0.717) is 6.61 Å². The number of benzene rings is 1. The largest absolute Gasteiger partial charge is 0.486 e. The van der Waals surface area contributed by atoms with Crippen molar-refractivity contribution in [3.05, 3.63) is 30.3 Å². The standard InChI is InChI=1S/C17H22O4/c18-16(13-20-15-4-2-1-3-5-15)14-6-9-21-17(12-14)7-10-19-11-8-17/h1-5,14H,6-13H2. The van der Waals surface area contributed by atoms with E-state index in [0.717, 1.165) is 44.6 Å². The summed E-state index contributed by atoms with van der Waals surface area (Å²) in [5.41, 5.74) is -0.135. The SMILES string of the molecule is O=C(COc1ccccc1)C1CCOC2(CCOCC2)C1.